The van der Waals surface area contributed by atoms with Crippen molar-refractivity contribution in [3.8, 4) is 23.1 Å². The number of fused-ring (bicyclic) bond motifs is 1. The van der Waals surface area contributed by atoms with Crippen molar-refractivity contribution in [2.24, 2.45) is 0 Å². The second-order valence-corrected chi connectivity index (χ2v) is 7.32. The summed E-state index contributed by atoms with van der Waals surface area (Å²) in [5, 5.41) is 13.5. The van der Waals surface area contributed by atoms with Gasteiger partial charge in [0.15, 0.2) is 17.2 Å². The lowest BCUT2D eigenvalue weighted by molar-refractivity contribution is -0.137. The molecular weight excluding hydrogens is 402 g/mol. The first-order valence-corrected chi connectivity index (χ1v) is 10.2. The van der Waals surface area contributed by atoms with Crippen LogP contribution in [0.1, 0.15) is 19.3 Å². The Labute approximate surface area is 179 Å². The molecule has 0 atom stereocenters. The molecule has 4 rings (SSSR count). The molecule has 1 fully saturated rings. The van der Waals surface area contributed by atoms with Gasteiger partial charge in [0.1, 0.15) is 12.9 Å². The lowest BCUT2D eigenvalue weighted by Crippen LogP contribution is -2.21. The largest absolute Gasteiger partial charge is 0.493 e. The number of aliphatic carboxylic acids is 1. The van der Waals surface area contributed by atoms with Gasteiger partial charge in [-0.1, -0.05) is 0 Å². The van der Waals surface area contributed by atoms with Gasteiger partial charge in [0.05, 0.1) is 37.0 Å². The van der Waals surface area contributed by atoms with Crippen molar-refractivity contribution < 1.29 is 24.1 Å². The van der Waals surface area contributed by atoms with Crippen molar-refractivity contribution in [1.29, 1.82) is 0 Å². The Kier molecular flexibility index (Phi) is 6.46. The topological polar surface area (TPSA) is 112 Å². The van der Waals surface area contributed by atoms with E-state index >= 15 is 0 Å². The van der Waals surface area contributed by atoms with Gasteiger partial charge in [-0.15, -0.1) is 0 Å². The second-order valence-electron chi connectivity index (χ2n) is 7.32. The molecule has 0 aliphatic carbocycles. The molecule has 1 aromatic carbocycles. The number of rotatable bonds is 10. The van der Waals surface area contributed by atoms with Crippen LogP contribution in [-0.4, -0.2) is 69.1 Å². The molecule has 0 bridgehead atoms. The van der Waals surface area contributed by atoms with Crippen LogP contribution >= 0.6 is 0 Å². The van der Waals surface area contributed by atoms with Gasteiger partial charge >= 0.3 is 5.97 Å². The molecule has 0 saturated carbocycles. The van der Waals surface area contributed by atoms with Crippen LogP contribution in [0.5, 0.6) is 23.1 Å². The van der Waals surface area contributed by atoms with Gasteiger partial charge in [-0.05, 0) is 38.4 Å². The quantitative estimate of drug-likeness (QED) is 0.488. The molecule has 164 valence electrons. The predicted octanol–water partition coefficient (Wildman–Crippen LogP) is 2.58. The second kappa shape index (κ2) is 9.61. The fraction of sp³-hybridized carbons (Fsp3) is 0.429. The van der Waals surface area contributed by atoms with Crippen LogP contribution in [0.25, 0.3) is 10.9 Å². The Bertz CT molecular complexity index is 1050. The van der Waals surface area contributed by atoms with Crippen LogP contribution in [0, 0.1) is 0 Å². The average molecular weight is 427 g/mol. The Balaban J connectivity index is 1.50. The van der Waals surface area contributed by atoms with Crippen LogP contribution in [-0.2, 0) is 11.3 Å². The number of likely N-dealkylation sites (tertiary alicyclic amines) is 1. The zero-order valence-corrected chi connectivity index (χ0v) is 17.4. The summed E-state index contributed by atoms with van der Waals surface area (Å²) < 4.78 is 18.6. The lowest BCUT2D eigenvalue weighted by atomic mass is 10.2. The summed E-state index contributed by atoms with van der Waals surface area (Å²) >= 11 is 0. The number of nitrogens with zero attached hydrogens (tertiary/aromatic N) is 5. The van der Waals surface area contributed by atoms with E-state index in [1.807, 2.05) is 0 Å². The minimum atomic E-state index is -0.985. The Morgan fingerprint density at radius 2 is 2.03 bits per heavy atom. The summed E-state index contributed by atoms with van der Waals surface area (Å²) in [6, 6.07) is 3.59. The number of carbonyl (C=O) groups is 1. The molecule has 3 heterocycles. The van der Waals surface area contributed by atoms with Crippen LogP contribution in [0.2, 0.25) is 0 Å². The van der Waals surface area contributed by atoms with Gasteiger partial charge in [0, 0.05) is 12.6 Å². The van der Waals surface area contributed by atoms with E-state index in [0.717, 1.165) is 13.0 Å². The van der Waals surface area contributed by atoms with Crippen molar-refractivity contribution in [2.45, 2.75) is 25.8 Å². The highest BCUT2D eigenvalue weighted by molar-refractivity contribution is 5.87. The minimum absolute atomic E-state index is 0.250. The van der Waals surface area contributed by atoms with Gasteiger partial charge in [-0.2, -0.15) is 5.10 Å². The van der Waals surface area contributed by atoms with E-state index in [0.29, 0.717) is 40.6 Å². The first kappa shape index (κ1) is 20.9. The molecule has 1 saturated heterocycles. The first-order valence-electron chi connectivity index (χ1n) is 10.2. The Morgan fingerprint density at radius 3 is 2.81 bits per heavy atom. The van der Waals surface area contributed by atoms with E-state index in [-0.39, 0.29) is 6.54 Å². The number of hydrogen-bond acceptors (Lipinski definition) is 8. The van der Waals surface area contributed by atoms with Crippen molar-refractivity contribution in [2.75, 3.05) is 33.4 Å². The minimum Gasteiger partial charge on any atom is -0.493 e. The molecular formula is C21H25N5O5. The maximum atomic E-state index is 10.8. The molecule has 10 heteroatoms. The summed E-state index contributed by atoms with van der Waals surface area (Å²) in [6.07, 6.45) is 7.82. The molecule has 1 N–H and O–H groups in total. The van der Waals surface area contributed by atoms with Crippen LogP contribution in [0.4, 0.5) is 0 Å². The summed E-state index contributed by atoms with van der Waals surface area (Å²) in [5.74, 6) is 0.903. The number of ether oxygens (including phenoxy) is 3. The summed E-state index contributed by atoms with van der Waals surface area (Å²) in [5.41, 5.74) is 0.643. The zero-order chi connectivity index (χ0) is 21.6. The van der Waals surface area contributed by atoms with Crippen molar-refractivity contribution in [3.63, 3.8) is 0 Å². The fourth-order valence-electron chi connectivity index (χ4n) is 3.60. The van der Waals surface area contributed by atoms with Gasteiger partial charge in [-0.25, -0.2) is 9.97 Å². The number of methoxy groups -OCH3 is 1. The molecule has 1 aliphatic heterocycles. The number of aromatic nitrogens is 4. The highest BCUT2D eigenvalue weighted by Crippen LogP contribution is 2.36. The fourth-order valence-corrected chi connectivity index (χ4v) is 3.60. The maximum Gasteiger partial charge on any atom is 0.325 e. The highest BCUT2D eigenvalue weighted by Gasteiger charge is 2.15. The van der Waals surface area contributed by atoms with Gasteiger partial charge in [-0.3, -0.25) is 9.48 Å². The summed E-state index contributed by atoms with van der Waals surface area (Å²) in [7, 11) is 1.59. The third kappa shape index (κ3) is 5.21. The smallest absolute Gasteiger partial charge is 0.325 e. The Hall–Kier alpha value is -3.40. The van der Waals surface area contributed by atoms with Gasteiger partial charge in [0.2, 0.25) is 5.88 Å². The van der Waals surface area contributed by atoms with Gasteiger partial charge < -0.3 is 24.2 Å². The molecule has 0 amide bonds. The molecule has 2 aromatic heterocycles. The molecule has 0 radical (unpaired) electrons. The average Bonchev–Trinajstić information content (AvgIpc) is 3.43. The van der Waals surface area contributed by atoms with Crippen molar-refractivity contribution in [1.82, 2.24) is 24.6 Å². The molecule has 1 aliphatic rings. The van der Waals surface area contributed by atoms with Crippen molar-refractivity contribution in [3.05, 3.63) is 30.9 Å². The van der Waals surface area contributed by atoms with E-state index in [4.69, 9.17) is 19.3 Å². The predicted molar refractivity (Wildman–Crippen MR) is 112 cm³/mol. The lowest BCUT2D eigenvalue weighted by Gasteiger charge is -2.16. The third-order valence-electron chi connectivity index (χ3n) is 5.08. The molecule has 31 heavy (non-hydrogen) atoms. The molecule has 0 spiro atoms. The van der Waals surface area contributed by atoms with E-state index in [1.54, 1.807) is 19.2 Å². The summed E-state index contributed by atoms with van der Waals surface area (Å²) in [4.78, 5) is 21.8. The zero-order valence-electron chi connectivity index (χ0n) is 17.4. The molecule has 10 nitrogen and oxygen atoms in total. The molecule has 0 unspecified atom stereocenters. The van der Waals surface area contributed by atoms with E-state index in [2.05, 4.69) is 20.0 Å². The summed E-state index contributed by atoms with van der Waals surface area (Å²) in [6.45, 7) is 3.68. The number of benzene rings is 1. The van der Waals surface area contributed by atoms with E-state index < -0.39 is 5.97 Å². The van der Waals surface area contributed by atoms with Crippen LogP contribution < -0.4 is 14.2 Å². The van der Waals surface area contributed by atoms with Crippen LogP contribution in [0.15, 0.2) is 30.9 Å². The normalized spacial score (nSPS) is 14.1. The Morgan fingerprint density at radius 1 is 1.19 bits per heavy atom. The monoisotopic (exact) mass is 427 g/mol. The van der Waals surface area contributed by atoms with Crippen molar-refractivity contribution >= 4 is 16.9 Å². The first-order chi connectivity index (χ1) is 15.1. The maximum absolute atomic E-state index is 10.8. The standard InChI is InChI=1S/C21H25N5O5/c1-29-18-10-17-16(9-19(18)30-8-4-7-25-5-2-3-6-25)21(23-14-22-17)31-15-11-24-26(12-15)13-20(27)28/h9-12,14H,2-8,13H2,1H3,(H,27,28). The molecule has 3 aromatic rings. The number of carboxylic acids is 1. The number of hydrogen-bond donors (Lipinski definition) is 1. The van der Waals surface area contributed by atoms with E-state index in [1.165, 1.54) is 49.3 Å². The van der Waals surface area contributed by atoms with Crippen LogP contribution in [0.3, 0.4) is 0 Å². The van der Waals surface area contributed by atoms with E-state index in [9.17, 15) is 4.79 Å². The number of carboxylic acid groups (broad SMARTS) is 1. The SMILES string of the molecule is COc1cc2ncnc(Oc3cnn(CC(=O)O)c3)c2cc1OCCCN1CCCC1. The van der Waals surface area contributed by atoms with Gasteiger partial charge in [0.25, 0.3) is 0 Å². The third-order valence-corrected chi connectivity index (χ3v) is 5.08. The highest BCUT2D eigenvalue weighted by atomic mass is 16.5.